The number of benzene rings is 1. The molecule has 0 aliphatic carbocycles. The molecule has 0 aliphatic rings. The number of hydrogen-bond acceptors (Lipinski definition) is 5. The van der Waals surface area contributed by atoms with Gasteiger partial charge in [-0.1, -0.05) is 0 Å². The highest BCUT2D eigenvalue weighted by Gasteiger charge is 2.10. The van der Waals surface area contributed by atoms with E-state index in [1.807, 2.05) is 6.07 Å². The number of non-ortho nitro benzene ring substituents is 1. The van der Waals surface area contributed by atoms with E-state index in [0.717, 1.165) is 12.8 Å². The first kappa shape index (κ1) is 13.9. The van der Waals surface area contributed by atoms with Crippen molar-refractivity contribution >= 4 is 5.69 Å². The second kappa shape index (κ2) is 7.25. The van der Waals surface area contributed by atoms with Crippen LogP contribution in [0.1, 0.15) is 24.8 Å². The van der Waals surface area contributed by atoms with Crippen LogP contribution in [0.4, 0.5) is 5.69 Å². The molecule has 0 spiro atoms. The van der Waals surface area contributed by atoms with Gasteiger partial charge < -0.3 is 9.84 Å². The Morgan fingerprint density at radius 3 is 2.83 bits per heavy atom. The second-order valence-corrected chi connectivity index (χ2v) is 3.67. The summed E-state index contributed by atoms with van der Waals surface area (Å²) in [5.74, 6) is 0.444. The quantitative estimate of drug-likeness (QED) is 0.454. The third-order valence-electron chi connectivity index (χ3n) is 2.37. The predicted molar refractivity (Wildman–Crippen MR) is 64.0 cm³/mol. The first-order valence-electron chi connectivity index (χ1n) is 5.57. The van der Waals surface area contributed by atoms with E-state index in [0.29, 0.717) is 24.3 Å². The van der Waals surface area contributed by atoms with E-state index in [9.17, 15) is 10.1 Å². The van der Waals surface area contributed by atoms with Crippen LogP contribution in [0.15, 0.2) is 18.2 Å². The summed E-state index contributed by atoms with van der Waals surface area (Å²) in [5.41, 5.74) is 0.320. The number of nitro benzene ring substituents is 1. The van der Waals surface area contributed by atoms with Gasteiger partial charge >= 0.3 is 0 Å². The Morgan fingerprint density at radius 1 is 1.44 bits per heavy atom. The van der Waals surface area contributed by atoms with Crippen LogP contribution >= 0.6 is 0 Å². The van der Waals surface area contributed by atoms with E-state index < -0.39 is 4.92 Å². The second-order valence-electron chi connectivity index (χ2n) is 3.67. The number of aliphatic hydroxyl groups excluding tert-OH is 1. The third-order valence-corrected chi connectivity index (χ3v) is 2.37. The van der Waals surface area contributed by atoms with Gasteiger partial charge in [-0.25, -0.2) is 0 Å². The van der Waals surface area contributed by atoms with Crippen molar-refractivity contribution in [3.63, 3.8) is 0 Å². The molecule has 0 saturated heterocycles. The van der Waals surface area contributed by atoms with Crippen LogP contribution in [0.25, 0.3) is 0 Å². The molecule has 0 bridgehead atoms. The summed E-state index contributed by atoms with van der Waals surface area (Å²) in [5, 5.41) is 28.0. The highest BCUT2D eigenvalue weighted by atomic mass is 16.6. The highest BCUT2D eigenvalue weighted by molar-refractivity contribution is 5.43. The summed E-state index contributed by atoms with van der Waals surface area (Å²) >= 11 is 0. The molecule has 0 saturated carbocycles. The zero-order chi connectivity index (χ0) is 13.4. The summed E-state index contributed by atoms with van der Waals surface area (Å²) in [6.45, 7) is 0.113. The zero-order valence-electron chi connectivity index (χ0n) is 9.83. The molecule has 96 valence electrons. The minimum absolute atomic E-state index is 0.0733. The Bertz CT molecular complexity index is 454. The topological polar surface area (TPSA) is 96.4 Å². The number of unbranched alkanes of at least 4 members (excludes halogenated alkanes) is 2. The molecule has 0 fully saturated rings. The number of aliphatic hydroxyl groups is 1. The van der Waals surface area contributed by atoms with E-state index in [4.69, 9.17) is 15.1 Å². The van der Waals surface area contributed by atoms with E-state index in [1.165, 1.54) is 18.2 Å². The number of nitrogens with zero attached hydrogens (tertiary/aromatic N) is 2. The number of hydrogen-bond donors (Lipinski definition) is 1. The Hall–Kier alpha value is -2.13. The van der Waals surface area contributed by atoms with Crippen LogP contribution in [-0.4, -0.2) is 16.6 Å². The first-order chi connectivity index (χ1) is 8.69. The highest BCUT2D eigenvalue weighted by Crippen LogP contribution is 2.24. The SMILES string of the molecule is N#CCCCCOc1ccc([N+](=O)[O-])cc1CO. The Labute approximate surface area is 105 Å². The lowest BCUT2D eigenvalue weighted by molar-refractivity contribution is -0.385. The van der Waals surface area contributed by atoms with Crippen molar-refractivity contribution in [3.8, 4) is 11.8 Å². The summed E-state index contributed by atoms with van der Waals surface area (Å²) < 4.78 is 5.42. The normalized spacial score (nSPS) is 9.78. The fraction of sp³-hybridized carbons (Fsp3) is 0.417. The van der Waals surface area contributed by atoms with Crippen molar-refractivity contribution in [2.75, 3.05) is 6.61 Å². The van der Waals surface area contributed by atoms with Gasteiger partial charge in [0.05, 0.1) is 24.2 Å². The maximum atomic E-state index is 10.6. The predicted octanol–water partition coefficient (Wildman–Crippen LogP) is 2.16. The minimum Gasteiger partial charge on any atom is -0.493 e. The van der Waals surface area contributed by atoms with Crippen LogP contribution in [0.3, 0.4) is 0 Å². The first-order valence-corrected chi connectivity index (χ1v) is 5.57. The van der Waals surface area contributed by atoms with Crippen LogP contribution in [0.2, 0.25) is 0 Å². The van der Waals surface area contributed by atoms with Gasteiger partial charge in [-0.2, -0.15) is 5.26 Å². The van der Waals surface area contributed by atoms with Gasteiger partial charge in [-0.3, -0.25) is 10.1 Å². The fourth-order valence-corrected chi connectivity index (χ4v) is 1.43. The smallest absolute Gasteiger partial charge is 0.270 e. The number of nitriles is 1. The van der Waals surface area contributed by atoms with Crippen molar-refractivity contribution in [1.82, 2.24) is 0 Å². The van der Waals surface area contributed by atoms with Gasteiger partial charge in [0.1, 0.15) is 5.75 Å². The average molecular weight is 250 g/mol. The molecule has 18 heavy (non-hydrogen) atoms. The molecule has 0 atom stereocenters. The molecule has 1 aromatic carbocycles. The van der Waals surface area contributed by atoms with Gasteiger partial charge in [-0.05, 0) is 18.9 Å². The van der Waals surface area contributed by atoms with Gasteiger partial charge in [0.25, 0.3) is 5.69 Å². The van der Waals surface area contributed by atoms with E-state index >= 15 is 0 Å². The summed E-state index contributed by atoms with van der Waals surface area (Å²) in [6.07, 6.45) is 1.96. The van der Waals surface area contributed by atoms with Gasteiger partial charge in [-0.15, -0.1) is 0 Å². The zero-order valence-corrected chi connectivity index (χ0v) is 9.83. The van der Waals surface area contributed by atoms with Crippen molar-refractivity contribution in [2.45, 2.75) is 25.9 Å². The molecular weight excluding hydrogens is 236 g/mol. The molecule has 0 aromatic heterocycles. The lowest BCUT2D eigenvalue weighted by Crippen LogP contribution is -2.01. The number of nitro groups is 1. The minimum atomic E-state index is -0.518. The molecule has 0 unspecified atom stereocenters. The van der Waals surface area contributed by atoms with Crippen LogP contribution in [0, 0.1) is 21.4 Å². The Morgan fingerprint density at radius 2 is 2.22 bits per heavy atom. The summed E-state index contributed by atoms with van der Waals surface area (Å²) in [6, 6.07) is 6.15. The molecular formula is C12H14N2O4. The molecule has 1 rings (SSSR count). The van der Waals surface area contributed by atoms with Crippen molar-refractivity contribution in [2.24, 2.45) is 0 Å². The van der Waals surface area contributed by atoms with Crippen molar-refractivity contribution < 1.29 is 14.8 Å². The standard InChI is InChI=1S/C12H14N2O4/c13-6-2-1-3-7-18-12-5-4-11(14(16)17)8-10(12)9-15/h4-5,8,15H,1-3,7,9H2. The van der Waals surface area contributed by atoms with E-state index in [-0.39, 0.29) is 12.3 Å². The molecule has 0 aliphatic heterocycles. The third kappa shape index (κ3) is 4.03. The number of rotatable bonds is 7. The summed E-state index contributed by atoms with van der Waals surface area (Å²) in [4.78, 5) is 10.0. The number of ether oxygens (including phenoxy) is 1. The van der Waals surface area contributed by atoms with Crippen LogP contribution in [0.5, 0.6) is 5.75 Å². The fourth-order valence-electron chi connectivity index (χ4n) is 1.43. The summed E-state index contributed by atoms with van der Waals surface area (Å²) in [7, 11) is 0. The van der Waals surface area contributed by atoms with Gasteiger partial charge in [0, 0.05) is 24.1 Å². The molecule has 6 heteroatoms. The molecule has 1 aromatic rings. The molecule has 0 heterocycles. The molecule has 0 amide bonds. The molecule has 6 nitrogen and oxygen atoms in total. The Balaban J connectivity index is 2.60. The lowest BCUT2D eigenvalue weighted by Gasteiger charge is -2.09. The maximum absolute atomic E-state index is 10.6. The maximum Gasteiger partial charge on any atom is 0.270 e. The average Bonchev–Trinajstić information content (AvgIpc) is 2.38. The molecule has 0 radical (unpaired) electrons. The Kier molecular flexibility index (Phi) is 5.61. The van der Waals surface area contributed by atoms with Crippen molar-refractivity contribution in [3.05, 3.63) is 33.9 Å². The van der Waals surface area contributed by atoms with Crippen LogP contribution < -0.4 is 4.74 Å². The van der Waals surface area contributed by atoms with Crippen molar-refractivity contribution in [1.29, 1.82) is 5.26 Å². The van der Waals surface area contributed by atoms with Gasteiger partial charge in [0.15, 0.2) is 0 Å². The van der Waals surface area contributed by atoms with Crippen LogP contribution in [-0.2, 0) is 6.61 Å². The molecule has 1 N–H and O–H groups in total. The van der Waals surface area contributed by atoms with E-state index in [2.05, 4.69) is 0 Å². The monoisotopic (exact) mass is 250 g/mol. The van der Waals surface area contributed by atoms with Gasteiger partial charge in [0.2, 0.25) is 0 Å². The van der Waals surface area contributed by atoms with E-state index in [1.54, 1.807) is 0 Å². The largest absolute Gasteiger partial charge is 0.493 e. The lowest BCUT2D eigenvalue weighted by atomic mass is 10.2.